The van der Waals surface area contributed by atoms with Gasteiger partial charge in [0.1, 0.15) is 0 Å². The molecule has 4 rings (SSSR count). The van der Waals surface area contributed by atoms with E-state index < -0.39 is 0 Å². The van der Waals surface area contributed by atoms with Gasteiger partial charge in [0.2, 0.25) is 12.4 Å². The van der Waals surface area contributed by atoms with E-state index in [2.05, 4.69) is 21.8 Å². The summed E-state index contributed by atoms with van der Waals surface area (Å²) < 4.78 is 2.14. The van der Waals surface area contributed by atoms with Crippen LogP contribution in [0.25, 0.3) is 21.8 Å². The summed E-state index contributed by atoms with van der Waals surface area (Å²) >= 11 is 6.18. The third-order valence-electron chi connectivity index (χ3n) is 4.74. The number of rotatable bonds is 4. The minimum atomic E-state index is -0.0814. The maximum Gasteiger partial charge on any atom is 0.224 e. The van der Waals surface area contributed by atoms with E-state index in [0.717, 1.165) is 27.4 Å². The van der Waals surface area contributed by atoms with Gasteiger partial charge in [-0.3, -0.25) is 4.79 Å². The Morgan fingerprint density at radius 3 is 2.57 bits per heavy atom. The van der Waals surface area contributed by atoms with Crippen molar-refractivity contribution in [1.29, 1.82) is 0 Å². The first kappa shape index (κ1) is 17.9. The number of fused-ring (bicyclic) bond motifs is 3. The van der Waals surface area contributed by atoms with Gasteiger partial charge in [0, 0.05) is 27.9 Å². The molecule has 1 aromatic heterocycles. The van der Waals surface area contributed by atoms with Crippen molar-refractivity contribution in [3.8, 4) is 0 Å². The van der Waals surface area contributed by atoms with Crippen molar-refractivity contribution in [1.82, 2.24) is 4.57 Å². The molecule has 0 atom stereocenters. The molecule has 6 nitrogen and oxygen atoms in total. The van der Waals surface area contributed by atoms with Crippen LogP contribution in [0.4, 0.5) is 5.69 Å². The predicted octanol–water partition coefficient (Wildman–Crippen LogP) is 3.65. The fraction of sp³-hybridized carbons (Fsp3) is 0.0476. The minimum Gasteiger partial charge on any atom is -0.368 e. The van der Waals surface area contributed by atoms with E-state index in [9.17, 15) is 4.79 Å². The molecule has 0 aliphatic heterocycles. The molecule has 0 radical (unpaired) electrons. The van der Waals surface area contributed by atoms with Gasteiger partial charge in [0.25, 0.3) is 0 Å². The second-order valence-electron chi connectivity index (χ2n) is 6.37. The van der Waals surface area contributed by atoms with Crippen molar-refractivity contribution in [3.63, 3.8) is 0 Å². The Kier molecular flexibility index (Phi) is 4.63. The smallest absolute Gasteiger partial charge is 0.224 e. The van der Waals surface area contributed by atoms with Crippen LogP contribution in [-0.4, -0.2) is 16.9 Å². The standard InChI is InChI=1S/C21H18ClN5O/c22-15-6-3-5-14(11-15)12-26-18-9-2-1-7-16(18)17-8-4-10-19(20(17)26)27(13-28)21(23)25-24/h1-11,13H,12,24H2,(H2,23,25). The van der Waals surface area contributed by atoms with E-state index in [1.54, 1.807) is 0 Å². The van der Waals surface area contributed by atoms with Crippen molar-refractivity contribution in [2.75, 3.05) is 4.90 Å². The van der Waals surface area contributed by atoms with Gasteiger partial charge < -0.3 is 16.1 Å². The second-order valence-corrected chi connectivity index (χ2v) is 6.81. The largest absolute Gasteiger partial charge is 0.368 e. The zero-order chi connectivity index (χ0) is 19.7. The molecule has 3 aromatic carbocycles. The first-order valence-electron chi connectivity index (χ1n) is 8.66. The highest BCUT2D eigenvalue weighted by atomic mass is 35.5. The van der Waals surface area contributed by atoms with Crippen molar-refractivity contribution in [2.24, 2.45) is 16.7 Å². The van der Waals surface area contributed by atoms with Gasteiger partial charge >= 0.3 is 0 Å². The van der Waals surface area contributed by atoms with E-state index in [-0.39, 0.29) is 5.96 Å². The van der Waals surface area contributed by atoms with Gasteiger partial charge in [-0.1, -0.05) is 54.1 Å². The number of hydrazone groups is 1. The van der Waals surface area contributed by atoms with Gasteiger partial charge in [-0.05, 0) is 29.8 Å². The lowest BCUT2D eigenvalue weighted by atomic mass is 10.1. The number of aromatic nitrogens is 1. The number of carbonyl (C=O) groups excluding carboxylic acids is 1. The highest BCUT2D eigenvalue weighted by Gasteiger charge is 2.19. The van der Waals surface area contributed by atoms with Crippen LogP contribution in [0.1, 0.15) is 5.56 Å². The molecule has 4 aromatic rings. The van der Waals surface area contributed by atoms with Crippen LogP contribution < -0.4 is 16.5 Å². The second kappa shape index (κ2) is 7.25. The molecule has 7 heteroatoms. The van der Waals surface area contributed by atoms with Crippen LogP contribution in [0.15, 0.2) is 71.8 Å². The van der Waals surface area contributed by atoms with E-state index in [1.165, 1.54) is 4.90 Å². The molecule has 1 amide bonds. The maximum atomic E-state index is 11.8. The monoisotopic (exact) mass is 391 g/mol. The SMILES string of the molecule is NN=C(N)N(C=O)c1cccc2c3ccccc3n(Cc3cccc(Cl)c3)c12. The Hall–Kier alpha value is -3.51. The fourth-order valence-electron chi connectivity index (χ4n) is 3.56. The van der Waals surface area contributed by atoms with Crippen LogP contribution in [0.2, 0.25) is 5.02 Å². The van der Waals surface area contributed by atoms with E-state index in [0.29, 0.717) is 23.7 Å². The van der Waals surface area contributed by atoms with Crippen LogP contribution in [0.3, 0.4) is 0 Å². The lowest BCUT2D eigenvalue weighted by molar-refractivity contribution is -0.106. The zero-order valence-electron chi connectivity index (χ0n) is 14.9. The van der Waals surface area contributed by atoms with Crippen molar-refractivity contribution in [2.45, 2.75) is 6.54 Å². The Labute approximate surface area is 166 Å². The molecule has 1 heterocycles. The topological polar surface area (TPSA) is 89.6 Å². The molecule has 28 heavy (non-hydrogen) atoms. The molecular formula is C21H18ClN5O. The van der Waals surface area contributed by atoms with Crippen molar-refractivity contribution >= 4 is 51.5 Å². The Morgan fingerprint density at radius 1 is 1.07 bits per heavy atom. The summed E-state index contributed by atoms with van der Waals surface area (Å²) in [6, 6.07) is 21.5. The quantitative estimate of drug-likeness (QED) is 0.183. The lowest BCUT2D eigenvalue weighted by Crippen LogP contribution is -2.37. The van der Waals surface area contributed by atoms with Crippen LogP contribution in [-0.2, 0) is 11.3 Å². The van der Waals surface area contributed by atoms with Crippen molar-refractivity contribution < 1.29 is 4.79 Å². The number of benzene rings is 3. The molecule has 0 aliphatic carbocycles. The number of hydrogen-bond donors (Lipinski definition) is 2. The molecule has 0 unspecified atom stereocenters. The number of halogens is 1. The summed E-state index contributed by atoms with van der Waals surface area (Å²) in [6.45, 7) is 0.577. The molecule has 0 aliphatic rings. The number of amides is 1. The van der Waals surface area contributed by atoms with Crippen molar-refractivity contribution in [3.05, 3.63) is 77.3 Å². The molecular weight excluding hydrogens is 374 g/mol. The fourth-order valence-corrected chi connectivity index (χ4v) is 3.78. The number of nitrogens with zero attached hydrogens (tertiary/aromatic N) is 3. The Bertz CT molecular complexity index is 1210. The van der Waals surface area contributed by atoms with Gasteiger partial charge in [-0.2, -0.15) is 0 Å². The van der Waals surface area contributed by atoms with Gasteiger partial charge in [0.05, 0.1) is 11.2 Å². The number of nitrogens with two attached hydrogens (primary N) is 2. The maximum absolute atomic E-state index is 11.8. The first-order chi connectivity index (χ1) is 13.6. The predicted molar refractivity (Wildman–Crippen MR) is 114 cm³/mol. The number of guanidine groups is 1. The average molecular weight is 392 g/mol. The third-order valence-corrected chi connectivity index (χ3v) is 4.98. The van der Waals surface area contributed by atoms with E-state index >= 15 is 0 Å². The zero-order valence-corrected chi connectivity index (χ0v) is 15.7. The molecule has 0 spiro atoms. The summed E-state index contributed by atoms with van der Waals surface area (Å²) in [5.41, 5.74) is 9.42. The van der Waals surface area contributed by atoms with Crippen LogP contribution in [0.5, 0.6) is 0 Å². The van der Waals surface area contributed by atoms with Gasteiger partial charge in [-0.15, -0.1) is 5.10 Å². The van der Waals surface area contributed by atoms with Crippen LogP contribution in [0, 0.1) is 0 Å². The van der Waals surface area contributed by atoms with E-state index in [4.69, 9.17) is 23.2 Å². The summed E-state index contributed by atoms with van der Waals surface area (Å²) in [4.78, 5) is 13.0. The first-order valence-corrected chi connectivity index (χ1v) is 9.04. The summed E-state index contributed by atoms with van der Waals surface area (Å²) in [6.07, 6.45) is 0.613. The molecule has 4 N–H and O–H groups in total. The molecule has 140 valence electrons. The minimum absolute atomic E-state index is 0.0814. The number of anilines is 1. The van der Waals surface area contributed by atoms with Crippen LogP contribution >= 0.6 is 11.6 Å². The normalized spacial score (nSPS) is 11.8. The van der Waals surface area contributed by atoms with Gasteiger partial charge in [0.15, 0.2) is 0 Å². The lowest BCUT2D eigenvalue weighted by Gasteiger charge is -2.19. The molecule has 0 bridgehead atoms. The Morgan fingerprint density at radius 2 is 1.82 bits per heavy atom. The van der Waals surface area contributed by atoms with E-state index in [1.807, 2.05) is 54.6 Å². The number of carbonyl (C=O) groups is 1. The number of para-hydroxylation sites is 2. The highest BCUT2D eigenvalue weighted by molar-refractivity contribution is 6.30. The average Bonchev–Trinajstić information content (AvgIpc) is 3.03. The molecule has 0 saturated heterocycles. The third kappa shape index (κ3) is 2.93. The number of hydrogen-bond acceptors (Lipinski definition) is 3. The van der Waals surface area contributed by atoms with Gasteiger partial charge in [-0.25, -0.2) is 4.90 Å². The summed E-state index contributed by atoms with van der Waals surface area (Å²) in [7, 11) is 0. The highest BCUT2D eigenvalue weighted by Crippen LogP contribution is 2.35. The molecule has 0 saturated carbocycles. The molecule has 0 fully saturated rings. The summed E-state index contributed by atoms with van der Waals surface area (Å²) in [5.74, 6) is 5.24. The Balaban J connectivity index is 2.04. The summed E-state index contributed by atoms with van der Waals surface area (Å²) in [5, 5.41) is 6.24.